The Morgan fingerprint density at radius 3 is 2.05 bits per heavy atom. The van der Waals surface area contributed by atoms with E-state index in [0.29, 0.717) is 6.54 Å². The van der Waals surface area contributed by atoms with E-state index in [1.807, 2.05) is 39.0 Å². The molecule has 0 aliphatic rings. The minimum atomic E-state index is -3.08. The van der Waals surface area contributed by atoms with Crippen molar-refractivity contribution in [3.05, 3.63) is 36.5 Å². The van der Waals surface area contributed by atoms with Gasteiger partial charge in [-0.25, -0.2) is 8.78 Å². The molecule has 0 atom stereocenters. The van der Waals surface area contributed by atoms with Crippen LogP contribution in [-0.2, 0) is 4.79 Å². The summed E-state index contributed by atoms with van der Waals surface area (Å²) in [4.78, 5) is 9.84. The van der Waals surface area contributed by atoms with Crippen LogP contribution in [0, 0.1) is 5.92 Å². The molecule has 0 spiro atoms. The molecule has 3 N–H and O–H groups in total. The second-order valence-electron chi connectivity index (χ2n) is 4.17. The minimum absolute atomic E-state index is 0.580. The second-order valence-corrected chi connectivity index (χ2v) is 4.17. The summed E-state index contributed by atoms with van der Waals surface area (Å²) < 4.78 is 24.8. The topological polar surface area (TPSA) is 63.3 Å². The van der Waals surface area contributed by atoms with Gasteiger partial charge in [0.2, 0.25) is 0 Å². The standard InChI is InChI=1S/C8H13N.C6H10F2O2.C2H6/c1-3-5-8(7-9)6-4-2;1-4(2)6(7,8)3-5(9)10;1-2/h3-6H,1,7,9H2,2H3;4H,3H2,1-2H3,(H,9,10);1-2H3/b6-4-,8-5+;;. The fraction of sp³-hybridized carbons (Fsp3) is 0.562. The fourth-order valence-electron chi connectivity index (χ4n) is 0.963. The molecule has 0 heterocycles. The fourth-order valence-corrected chi connectivity index (χ4v) is 0.963. The number of rotatable bonds is 6. The zero-order valence-electron chi connectivity index (χ0n) is 13.7. The van der Waals surface area contributed by atoms with E-state index in [2.05, 4.69) is 6.58 Å². The number of hydrogen-bond acceptors (Lipinski definition) is 2. The average molecular weight is 305 g/mol. The van der Waals surface area contributed by atoms with Crippen LogP contribution in [0.15, 0.2) is 36.5 Å². The van der Waals surface area contributed by atoms with Gasteiger partial charge in [0.05, 0.1) is 0 Å². The summed E-state index contributed by atoms with van der Waals surface area (Å²) in [6.07, 6.45) is 6.50. The number of carbonyl (C=O) groups is 1. The van der Waals surface area contributed by atoms with Crippen molar-refractivity contribution in [3.63, 3.8) is 0 Å². The third-order valence-corrected chi connectivity index (χ3v) is 2.18. The van der Waals surface area contributed by atoms with Crippen molar-refractivity contribution in [2.24, 2.45) is 11.7 Å². The molecular weight excluding hydrogens is 276 g/mol. The number of aliphatic carboxylic acids is 1. The summed E-state index contributed by atoms with van der Waals surface area (Å²) in [6, 6.07) is 0. The van der Waals surface area contributed by atoms with Gasteiger partial charge in [0.15, 0.2) is 0 Å². The lowest BCUT2D eigenvalue weighted by molar-refractivity contribution is -0.148. The van der Waals surface area contributed by atoms with Crippen molar-refractivity contribution >= 4 is 5.97 Å². The van der Waals surface area contributed by atoms with Crippen LogP contribution in [0.25, 0.3) is 0 Å². The first-order chi connectivity index (χ1) is 9.71. The highest BCUT2D eigenvalue weighted by molar-refractivity contribution is 5.67. The van der Waals surface area contributed by atoms with Gasteiger partial charge in [-0.05, 0) is 12.5 Å². The van der Waals surface area contributed by atoms with Crippen molar-refractivity contribution in [1.82, 2.24) is 0 Å². The number of carboxylic acid groups (broad SMARTS) is 1. The van der Waals surface area contributed by atoms with E-state index >= 15 is 0 Å². The third-order valence-electron chi connectivity index (χ3n) is 2.18. The van der Waals surface area contributed by atoms with Crippen molar-refractivity contribution in [1.29, 1.82) is 0 Å². The molecule has 0 saturated heterocycles. The molecule has 0 fully saturated rings. The van der Waals surface area contributed by atoms with Crippen LogP contribution in [0.1, 0.15) is 41.0 Å². The first kappa shape index (κ1) is 24.5. The number of halogens is 2. The van der Waals surface area contributed by atoms with Gasteiger partial charge >= 0.3 is 5.97 Å². The summed E-state index contributed by atoms with van der Waals surface area (Å²) >= 11 is 0. The van der Waals surface area contributed by atoms with E-state index in [1.54, 1.807) is 6.08 Å². The summed E-state index contributed by atoms with van der Waals surface area (Å²) in [7, 11) is 0. The molecule has 0 radical (unpaired) electrons. The molecule has 124 valence electrons. The van der Waals surface area contributed by atoms with Crippen molar-refractivity contribution in [3.8, 4) is 0 Å². The van der Waals surface area contributed by atoms with Crippen LogP contribution < -0.4 is 5.73 Å². The Labute approximate surface area is 127 Å². The van der Waals surface area contributed by atoms with Gasteiger partial charge < -0.3 is 10.8 Å². The molecule has 0 unspecified atom stereocenters. The average Bonchev–Trinajstić information content (AvgIpc) is 2.40. The summed E-state index contributed by atoms with van der Waals surface area (Å²) in [5.74, 6) is -5.45. The summed E-state index contributed by atoms with van der Waals surface area (Å²) in [5.41, 5.74) is 6.48. The zero-order valence-corrected chi connectivity index (χ0v) is 13.7. The molecule has 0 saturated carbocycles. The molecular formula is C16H29F2NO2. The number of nitrogens with two attached hydrogens (primary N) is 1. The first-order valence-corrected chi connectivity index (χ1v) is 6.95. The maximum Gasteiger partial charge on any atom is 0.309 e. The Morgan fingerprint density at radius 1 is 1.38 bits per heavy atom. The Morgan fingerprint density at radius 2 is 1.86 bits per heavy atom. The molecule has 0 amide bonds. The highest BCUT2D eigenvalue weighted by Crippen LogP contribution is 2.27. The largest absolute Gasteiger partial charge is 0.481 e. The molecule has 3 nitrogen and oxygen atoms in total. The Hall–Kier alpha value is -1.49. The van der Waals surface area contributed by atoms with E-state index in [1.165, 1.54) is 13.8 Å². The van der Waals surface area contributed by atoms with E-state index in [-0.39, 0.29) is 0 Å². The maximum atomic E-state index is 12.4. The smallest absolute Gasteiger partial charge is 0.309 e. The van der Waals surface area contributed by atoms with Crippen LogP contribution in [0.4, 0.5) is 8.78 Å². The van der Waals surface area contributed by atoms with Crippen molar-refractivity contribution in [2.45, 2.75) is 47.0 Å². The van der Waals surface area contributed by atoms with E-state index < -0.39 is 24.2 Å². The van der Waals surface area contributed by atoms with Gasteiger partial charge in [0.25, 0.3) is 5.92 Å². The van der Waals surface area contributed by atoms with Gasteiger partial charge in [-0.1, -0.05) is 58.6 Å². The third kappa shape index (κ3) is 16.5. The van der Waals surface area contributed by atoms with Crippen LogP contribution >= 0.6 is 0 Å². The van der Waals surface area contributed by atoms with E-state index in [4.69, 9.17) is 10.8 Å². The lowest BCUT2D eigenvalue weighted by Crippen LogP contribution is -2.27. The van der Waals surface area contributed by atoms with Gasteiger partial charge in [-0.2, -0.15) is 0 Å². The molecule has 0 aliphatic carbocycles. The predicted molar refractivity (Wildman–Crippen MR) is 85.5 cm³/mol. The quantitative estimate of drug-likeness (QED) is 0.714. The van der Waals surface area contributed by atoms with Crippen molar-refractivity contribution in [2.75, 3.05) is 6.54 Å². The van der Waals surface area contributed by atoms with Gasteiger partial charge in [-0.3, -0.25) is 4.79 Å². The van der Waals surface area contributed by atoms with E-state index in [0.717, 1.165) is 5.57 Å². The van der Waals surface area contributed by atoms with Gasteiger partial charge in [0, 0.05) is 12.5 Å². The monoisotopic (exact) mass is 305 g/mol. The summed E-state index contributed by atoms with van der Waals surface area (Å²) in [5, 5.41) is 8.02. The zero-order chi connectivity index (χ0) is 17.5. The SMILES string of the molecule is C=C/C=C(\C=C/C)CN.CC.CC(C)C(F)(F)CC(=O)O. The first-order valence-electron chi connectivity index (χ1n) is 6.95. The minimum Gasteiger partial charge on any atom is -0.481 e. The molecule has 5 heteroatoms. The second kappa shape index (κ2) is 14.9. The molecule has 0 aromatic carbocycles. The van der Waals surface area contributed by atoms with Crippen LogP contribution in [0.3, 0.4) is 0 Å². The Balaban J connectivity index is -0.000000277. The molecule has 0 aromatic rings. The highest BCUT2D eigenvalue weighted by atomic mass is 19.3. The molecule has 21 heavy (non-hydrogen) atoms. The number of allylic oxidation sites excluding steroid dienone is 3. The predicted octanol–water partition coefficient (Wildman–Crippen LogP) is 4.41. The van der Waals surface area contributed by atoms with Crippen LogP contribution in [-0.4, -0.2) is 23.5 Å². The maximum absolute atomic E-state index is 12.4. The molecule has 0 aromatic heterocycles. The number of carboxylic acids is 1. The summed E-state index contributed by atoms with van der Waals surface area (Å²) in [6.45, 7) is 12.7. The molecule has 0 rings (SSSR count). The van der Waals surface area contributed by atoms with Gasteiger partial charge in [0.1, 0.15) is 6.42 Å². The number of alkyl halides is 2. The van der Waals surface area contributed by atoms with Crippen LogP contribution in [0.2, 0.25) is 0 Å². The normalized spacial score (nSPS) is 11.4. The molecule has 0 bridgehead atoms. The van der Waals surface area contributed by atoms with E-state index in [9.17, 15) is 13.6 Å². The Kier molecular flexibility index (Phi) is 17.4. The lowest BCUT2D eigenvalue weighted by atomic mass is 10.0. The van der Waals surface area contributed by atoms with Crippen LogP contribution in [0.5, 0.6) is 0 Å². The molecule has 0 aliphatic heterocycles. The lowest BCUT2D eigenvalue weighted by Gasteiger charge is -2.17. The highest BCUT2D eigenvalue weighted by Gasteiger charge is 2.35. The van der Waals surface area contributed by atoms with Crippen molar-refractivity contribution < 1.29 is 18.7 Å². The number of hydrogen-bond donors (Lipinski definition) is 2. The van der Waals surface area contributed by atoms with Gasteiger partial charge in [-0.15, -0.1) is 0 Å². The Bertz CT molecular complexity index is 335.